The molecule has 7 nitrogen and oxygen atoms in total. The van der Waals surface area contributed by atoms with Crippen molar-refractivity contribution in [3.05, 3.63) is 5.82 Å². The Labute approximate surface area is 105 Å². The topological polar surface area (TPSA) is 90.1 Å². The Morgan fingerprint density at radius 2 is 2.28 bits per heavy atom. The predicted molar refractivity (Wildman–Crippen MR) is 62.0 cm³/mol. The van der Waals surface area contributed by atoms with Gasteiger partial charge in [-0.2, -0.15) is 0 Å². The number of aryl methyl sites for hydroxylation is 1. The number of carboxylic acid groups (broad SMARTS) is 1. The normalized spacial score (nSPS) is 18.7. The van der Waals surface area contributed by atoms with E-state index >= 15 is 0 Å². The Balaban J connectivity index is 1.96. The first-order valence-corrected chi connectivity index (χ1v) is 6.25. The van der Waals surface area contributed by atoms with Crippen LogP contribution in [-0.2, 0) is 16.1 Å². The van der Waals surface area contributed by atoms with E-state index in [9.17, 15) is 4.79 Å². The van der Waals surface area contributed by atoms with Crippen molar-refractivity contribution in [3.8, 4) is 0 Å². The SMILES string of the molecule is CC(CCn1nnnc1C1CCOCC1)C(=O)O. The summed E-state index contributed by atoms with van der Waals surface area (Å²) >= 11 is 0. The molecule has 0 spiro atoms. The minimum Gasteiger partial charge on any atom is -0.481 e. The molecule has 100 valence electrons. The standard InChI is InChI=1S/C11H18N4O3/c1-8(11(16)17)2-5-15-10(12-13-14-15)9-3-6-18-7-4-9/h8-9H,2-7H2,1H3,(H,16,17). The summed E-state index contributed by atoms with van der Waals surface area (Å²) in [6.07, 6.45) is 2.39. The van der Waals surface area contributed by atoms with E-state index in [0.717, 1.165) is 31.9 Å². The molecule has 1 atom stereocenters. The van der Waals surface area contributed by atoms with Crippen LogP contribution >= 0.6 is 0 Å². The lowest BCUT2D eigenvalue weighted by atomic mass is 9.99. The zero-order chi connectivity index (χ0) is 13.0. The van der Waals surface area contributed by atoms with Gasteiger partial charge in [-0.15, -0.1) is 5.10 Å². The number of rotatable bonds is 5. The highest BCUT2D eigenvalue weighted by Gasteiger charge is 2.22. The first-order chi connectivity index (χ1) is 8.68. The molecule has 0 aliphatic carbocycles. The largest absolute Gasteiger partial charge is 0.481 e. The van der Waals surface area contributed by atoms with Gasteiger partial charge in [-0.05, 0) is 29.7 Å². The zero-order valence-electron chi connectivity index (χ0n) is 10.4. The maximum absolute atomic E-state index is 10.8. The highest BCUT2D eigenvalue weighted by atomic mass is 16.5. The first-order valence-electron chi connectivity index (χ1n) is 6.25. The third kappa shape index (κ3) is 3.04. The van der Waals surface area contributed by atoms with E-state index in [1.807, 2.05) is 0 Å². The summed E-state index contributed by atoms with van der Waals surface area (Å²) in [5.41, 5.74) is 0. The van der Waals surface area contributed by atoms with E-state index in [1.54, 1.807) is 11.6 Å². The van der Waals surface area contributed by atoms with Gasteiger partial charge in [0.05, 0.1) is 5.92 Å². The average Bonchev–Trinajstić information content (AvgIpc) is 2.85. The number of ether oxygens (including phenoxy) is 1. The highest BCUT2D eigenvalue weighted by Crippen LogP contribution is 2.24. The van der Waals surface area contributed by atoms with Crippen LogP contribution in [0.1, 0.15) is 37.9 Å². The first kappa shape index (κ1) is 12.9. The molecule has 0 saturated carbocycles. The van der Waals surface area contributed by atoms with Gasteiger partial charge in [0.15, 0.2) is 5.82 Å². The van der Waals surface area contributed by atoms with Crippen molar-refractivity contribution in [1.82, 2.24) is 20.2 Å². The molecule has 1 saturated heterocycles. The minimum atomic E-state index is -0.782. The predicted octanol–water partition coefficient (Wildman–Crippen LogP) is 0.678. The summed E-state index contributed by atoms with van der Waals surface area (Å²) in [5, 5.41) is 20.6. The molecular formula is C11H18N4O3. The molecule has 0 bridgehead atoms. The van der Waals surface area contributed by atoms with Crippen LogP contribution in [0.15, 0.2) is 0 Å². The van der Waals surface area contributed by atoms with Crippen LogP contribution in [0, 0.1) is 5.92 Å². The smallest absolute Gasteiger partial charge is 0.306 e. The van der Waals surface area contributed by atoms with Gasteiger partial charge < -0.3 is 9.84 Å². The van der Waals surface area contributed by atoms with Crippen LogP contribution in [0.2, 0.25) is 0 Å². The molecule has 1 unspecified atom stereocenters. The molecule has 1 aliphatic heterocycles. The number of carbonyl (C=O) groups is 1. The summed E-state index contributed by atoms with van der Waals surface area (Å²) in [4.78, 5) is 10.8. The van der Waals surface area contributed by atoms with Crippen LogP contribution in [0.25, 0.3) is 0 Å². The summed E-state index contributed by atoms with van der Waals surface area (Å²) < 4.78 is 7.04. The Morgan fingerprint density at radius 3 is 2.94 bits per heavy atom. The second kappa shape index (κ2) is 5.90. The summed E-state index contributed by atoms with van der Waals surface area (Å²) in [6.45, 7) is 3.72. The Hall–Kier alpha value is -1.50. The van der Waals surface area contributed by atoms with Crippen molar-refractivity contribution >= 4 is 5.97 Å². The summed E-state index contributed by atoms with van der Waals surface area (Å²) in [6, 6.07) is 0. The maximum Gasteiger partial charge on any atom is 0.306 e. The van der Waals surface area contributed by atoms with Crippen LogP contribution < -0.4 is 0 Å². The van der Waals surface area contributed by atoms with Crippen molar-refractivity contribution in [1.29, 1.82) is 0 Å². The van der Waals surface area contributed by atoms with Crippen molar-refractivity contribution in [2.75, 3.05) is 13.2 Å². The molecule has 0 amide bonds. The third-order valence-electron chi connectivity index (χ3n) is 3.34. The highest BCUT2D eigenvalue weighted by molar-refractivity contribution is 5.69. The number of nitrogens with zero attached hydrogens (tertiary/aromatic N) is 4. The van der Waals surface area contributed by atoms with Gasteiger partial charge in [0.25, 0.3) is 0 Å². The van der Waals surface area contributed by atoms with E-state index in [2.05, 4.69) is 15.5 Å². The third-order valence-corrected chi connectivity index (χ3v) is 3.34. The number of aromatic nitrogens is 4. The number of hydrogen-bond donors (Lipinski definition) is 1. The summed E-state index contributed by atoms with van der Waals surface area (Å²) in [7, 11) is 0. The van der Waals surface area contributed by atoms with Crippen LogP contribution in [0.5, 0.6) is 0 Å². The molecule has 0 aromatic carbocycles. The van der Waals surface area contributed by atoms with Crippen molar-refractivity contribution < 1.29 is 14.6 Å². The monoisotopic (exact) mass is 254 g/mol. The molecule has 2 heterocycles. The molecular weight excluding hydrogens is 236 g/mol. The molecule has 18 heavy (non-hydrogen) atoms. The lowest BCUT2D eigenvalue weighted by Gasteiger charge is -2.21. The van der Waals surface area contributed by atoms with Crippen LogP contribution in [0.4, 0.5) is 0 Å². The van der Waals surface area contributed by atoms with Gasteiger partial charge in [-0.25, -0.2) is 4.68 Å². The molecule has 2 rings (SSSR count). The molecule has 1 fully saturated rings. The number of tetrazole rings is 1. The Morgan fingerprint density at radius 1 is 1.56 bits per heavy atom. The van der Waals surface area contributed by atoms with Gasteiger partial charge in [0.2, 0.25) is 0 Å². The second-order valence-electron chi connectivity index (χ2n) is 4.67. The van der Waals surface area contributed by atoms with E-state index in [-0.39, 0.29) is 5.92 Å². The van der Waals surface area contributed by atoms with Gasteiger partial charge >= 0.3 is 5.97 Å². The van der Waals surface area contributed by atoms with Crippen LogP contribution in [0.3, 0.4) is 0 Å². The quantitative estimate of drug-likeness (QED) is 0.830. The zero-order valence-corrected chi connectivity index (χ0v) is 10.4. The van der Waals surface area contributed by atoms with E-state index in [4.69, 9.17) is 9.84 Å². The van der Waals surface area contributed by atoms with E-state index in [1.165, 1.54) is 0 Å². The number of carboxylic acids is 1. The van der Waals surface area contributed by atoms with Gasteiger partial charge in [0, 0.05) is 25.7 Å². The molecule has 1 aromatic rings. The fraction of sp³-hybridized carbons (Fsp3) is 0.818. The van der Waals surface area contributed by atoms with Crippen LogP contribution in [-0.4, -0.2) is 44.5 Å². The van der Waals surface area contributed by atoms with E-state index in [0.29, 0.717) is 18.9 Å². The van der Waals surface area contributed by atoms with Gasteiger partial charge in [-0.1, -0.05) is 6.92 Å². The number of hydrogen-bond acceptors (Lipinski definition) is 5. The lowest BCUT2D eigenvalue weighted by molar-refractivity contribution is -0.141. The number of aliphatic carboxylic acids is 1. The Bertz CT molecular complexity index is 401. The molecule has 1 aliphatic rings. The second-order valence-corrected chi connectivity index (χ2v) is 4.67. The Kier molecular flexibility index (Phi) is 4.24. The van der Waals surface area contributed by atoms with E-state index < -0.39 is 5.97 Å². The maximum atomic E-state index is 10.8. The molecule has 0 radical (unpaired) electrons. The summed E-state index contributed by atoms with van der Waals surface area (Å²) in [5.74, 6) is 0.0252. The average molecular weight is 254 g/mol. The van der Waals surface area contributed by atoms with Crippen molar-refractivity contribution in [2.24, 2.45) is 5.92 Å². The fourth-order valence-corrected chi connectivity index (χ4v) is 2.06. The molecule has 1 N–H and O–H groups in total. The molecule has 7 heteroatoms. The minimum absolute atomic E-state index is 0.328. The van der Waals surface area contributed by atoms with Crippen molar-refractivity contribution in [2.45, 2.75) is 38.6 Å². The lowest BCUT2D eigenvalue weighted by Crippen LogP contribution is -2.20. The van der Waals surface area contributed by atoms with Gasteiger partial charge in [0.1, 0.15) is 0 Å². The van der Waals surface area contributed by atoms with Crippen molar-refractivity contribution in [3.63, 3.8) is 0 Å². The molecule has 1 aromatic heterocycles. The fourth-order valence-electron chi connectivity index (χ4n) is 2.06. The van der Waals surface area contributed by atoms with Gasteiger partial charge in [-0.3, -0.25) is 4.79 Å².